The zero-order chi connectivity index (χ0) is 15.5. The molecule has 0 spiro atoms. The van der Waals surface area contributed by atoms with Crippen molar-refractivity contribution >= 4 is 5.65 Å². The van der Waals surface area contributed by atoms with Gasteiger partial charge in [0.05, 0.1) is 11.8 Å². The first-order valence-electron chi connectivity index (χ1n) is 8.11. The second-order valence-corrected chi connectivity index (χ2v) is 6.31. The summed E-state index contributed by atoms with van der Waals surface area (Å²) in [6.45, 7) is 3.05. The van der Waals surface area contributed by atoms with Gasteiger partial charge in [-0.15, -0.1) is 0 Å². The number of aromatic nitrogens is 3. The van der Waals surface area contributed by atoms with Crippen LogP contribution >= 0.6 is 0 Å². The molecule has 2 aromatic heterocycles. The summed E-state index contributed by atoms with van der Waals surface area (Å²) in [6, 6.07) is 3.86. The van der Waals surface area contributed by atoms with E-state index in [1.807, 2.05) is 6.92 Å². The SMILES string of the molecule is CC(O)CN(Cc1cc(=O)n2[nH]ccc2n1)C1CCCCC1. The van der Waals surface area contributed by atoms with Crippen LogP contribution in [0.2, 0.25) is 0 Å². The summed E-state index contributed by atoms with van der Waals surface area (Å²) in [4.78, 5) is 18.9. The molecule has 22 heavy (non-hydrogen) atoms. The first kappa shape index (κ1) is 15.2. The number of aliphatic hydroxyl groups is 1. The standard InChI is InChI=1S/C16H24N4O2/c1-12(21)10-19(14-5-3-2-4-6-14)11-13-9-16(22)20-15(18-13)7-8-17-20/h7-9,12,14,17,21H,2-6,10-11H2,1H3. The highest BCUT2D eigenvalue weighted by Crippen LogP contribution is 2.24. The second-order valence-electron chi connectivity index (χ2n) is 6.31. The van der Waals surface area contributed by atoms with E-state index >= 15 is 0 Å². The van der Waals surface area contributed by atoms with E-state index in [-0.39, 0.29) is 11.7 Å². The molecule has 6 nitrogen and oxygen atoms in total. The fourth-order valence-corrected chi connectivity index (χ4v) is 3.39. The van der Waals surface area contributed by atoms with Gasteiger partial charge in [-0.05, 0) is 19.8 Å². The first-order valence-corrected chi connectivity index (χ1v) is 8.11. The smallest absolute Gasteiger partial charge is 0.272 e. The minimum atomic E-state index is -0.376. The Bertz CT molecular complexity index is 670. The van der Waals surface area contributed by atoms with Gasteiger partial charge in [0.1, 0.15) is 0 Å². The van der Waals surface area contributed by atoms with E-state index in [1.165, 1.54) is 23.8 Å². The van der Waals surface area contributed by atoms with Gasteiger partial charge in [0.2, 0.25) is 0 Å². The molecule has 6 heteroatoms. The largest absolute Gasteiger partial charge is 0.392 e. The van der Waals surface area contributed by atoms with Gasteiger partial charge in [-0.3, -0.25) is 14.8 Å². The molecule has 0 aliphatic heterocycles. The monoisotopic (exact) mass is 304 g/mol. The number of nitrogens with one attached hydrogen (secondary N) is 1. The van der Waals surface area contributed by atoms with Crippen molar-refractivity contribution in [3.63, 3.8) is 0 Å². The lowest BCUT2D eigenvalue weighted by Crippen LogP contribution is -2.40. The number of aromatic amines is 1. The van der Waals surface area contributed by atoms with Crippen molar-refractivity contribution in [2.45, 2.75) is 57.7 Å². The molecule has 2 aromatic rings. The summed E-state index contributed by atoms with van der Waals surface area (Å²) in [5.41, 5.74) is 1.32. The topological polar surface area (TPSA) is 73.6 Å². The molecule has 1 atom stereocenters. The Labute approximate surface area is 129 Å². The highest BCUT2D eigenvalue weighted by molar-refractivity contribution is 5.36. The third kappa shape index (κ3) is 3.39. The number of fused-ring (bicyclic) bond motifs is 1. The van der Waals surface area contributed by atoms with Crippen LogP contribution in [0.1, 0.15) is 44.7 Å². The van der Waals surface area contributed by atoms with Crippen molar-refractivity contribution in [3.05, 3.63) is 34.4 Å². The van der Waals surface area contributed by atoms with E-state index in [0.29, 0.717) is 24.8 Å². The highest BCUT2D eigenvalue weighted by Gasteiger charge is 2.23. The van der Waals surface area contributed by atoms with E-state index < -0.39 is 0 Å². The van der Waals surface area contributed by atoms with Crippen molar-refractivity contribution in [1.29, 1.82) is 0 Å². The molecule has 2 N–H and O–H groups in total. The second kappa shape index (κ2) is 6.62. The molecule has 0 bridgehead atoms. The van der Waals surface area contributed by atoms with Gasteiger partial charge in [0, 0.05) is 37.5 Å². The number of aliphatic hydroxyl groups excluding tert-OH is 1. The average molecular weight is 304 g/mol. The van der Waals surface area contributed by atoms with Crippen molar-refractivity contribution in [2.24, 2.45) is 0 Å². The van der Waals surface area contributed by atoms with Gasteiger partial charge >= 0.3 is 0 Å². The fraction of sp³-hybridized carbons (Fsp3) is 0.625. The lowest BCUT2D eigenvalue weighted by atomic mass is 9.94. The van der Waals surface area contributed by atoms with Crippen LogP contribution in [-0.2, 0) is 6.54 Å². The van der Waals surface area contributed by atoms with Crippen LogP contribution in [0.5, 0.6) is 0 Å². The Morgan fingerprint density at radius 1 is 1.45 bits per heavy atom. The molecule has 3 rings (SSSR count). The predicted molar refractivity (Wildman–Crippen MR) is 84.8 cm³/mol. The highest BCUT2D eigenvalue weighted by atomic mass is 16.3. The normalized spacial score (nSPS) is 18.1. The molecular weight excluding hydrogens is 280 g/mol. The molecular formula is C16H24N4O2. The number of hydrogen-bond acceptors (Lipinski definition) is 4. The van der Waals surface area contributed by atoms with Crippen molar-refractivity contribution < 1.29 is 5.11 Å². The first-order chi connectivity index (χ1) is 10.6. The maximum Gasteiger partial charge on any atom is 0.272 e. The lowest BCUT2D eigenvalue weighted by Gasteiger charge is -2.34. The molecule has 1 aliphatic rings. The zero-order valence-corrected chi connectivity index (χ0v) is 13.0. The predicted octanol–water partition coefficient (Wildman–Crippen LogP) is 1.54. The van der Waals surface area contributed by atoms with Crippen LogP contribution in [-0.4, -0.2) is 43.3 Å². The Balaban J connectivity index is 1.82. The zero-order valence-electron chi connectivity index (χ0n) is 13.0. The summed E-state index contributed by atoms with van der Waals surface area (Å²) in [5, 5.41) is 12.6. The molecule has 0 saturated heterocycles. The minimum Gasteiger partial charge on any atom is -0.392 e. The van der Waals surface area contributed by atoms with Gasteiger partial charge in [0.15, 0.2) is 5.65 Å². The maximum atomic E-state index is 12.1. The minimum absolute atomic E-state index is 0.0920. The summed E-state index contributed by atoms with van der Waals surface area (Å²) in [6.07, 6.45) is 7.45. The van der Waals surface area contributed by atoms with Gasteiger partial charge in [-0.2, -0.15) is 0 Å². The number of nitrogens with zero attached hydrogens (tertiary/aromatic N) is 3. The van der Waals surface area contributed by atoms with Crippen LogP contribution in [0.15, 0.2) is 23.1 Å². The van der Waals surface area contributed by atoms with E-state index in [0.717, 1.165) is 18.5 Å². The summed E-state index contributed by atoms with van der Waals surface area (Å²) < 4.78 is 1.43. The third-order valence-electron chi connectivity index (χ3n) is 4.39. The molecule has 120 valence electrons. The van der Waals surface area contributed by atoms with E-state index in [1.54, 1.807) is 18.3 Å². The Kier molecular flexibility index (Phi) is 4.59. The lowest BCUT2D eigenvalue weighted by molar-refractivity contribution is 0.0760. The number of rotatable bonds is 5. The molecule has 0 radical (unpaired) electrons. The third-order valence-corrected chi connectivity index (χ3v) is 4.39. The molecule has 1 saturated carbocycles. The van der Waals surface area contributed by atoms with Crippen molar-refractivity contribution in [2.75, 3.05) is 6.54 Å². The number of H-pyrrole nitrogens is 1. The molecule has 0 aromatic carbocycles. The van der Waals surface area contributed by atoms with Gasteiger partial charge < -0.3 is 5.11 Å². The van der Waals surface area contributed by atoms with Crippen LogP contribution in [0.3, 0.4) is 0 Å². The van der Waals surface area contributed by atoms with Gasteiger partial charge in [-0.1, -0.05) is 19.3 Å². The molecule has 1 unspecified atom stereocenters. The van der Waals surface area contributed by atoms with Gasteiger partial charge in [0.25, 0.3) is 5.56 Å². The molecule has 1 aliphatic carbocycles. The summed E-state index contributed by atoms with van der Waals surface area (Å²) in [7, 11) is 0. The van der Waals surface area contributed by atoms with Crippen molar-refractivity contribution in [3.8, 4) is 0 Å². The van der Waals surface area contributed by atoms with Crippen molar-refractivity contribution in [1.82, 2.24) is 19.5 Å². The van der Waals surface area contributed by atoms with Gasteiger partial charge in [-0.25, -0.2) is 9.50 Å². The quantitative estimate of drug-likeness (QED) is 0.879. The van der Waals surface area contributed by atoms with Crippen LogP contribution < -0.4 is 5.56 Å². The van der Waals surface area contributed by atoms with E-state index in [2.05, 4.69) is 15.0 Å². The Morgan fingerprint density at radius 3 is 2.95 bits per heavy atom. The number of hydrogen-bond donors (Lipinski definition) is 2. The molecule has 1 fully saturated rings. The summed E-state index contributed by atoms with van der Waals surface area (Å²) in [5.74, 6) is 0. The Hall–Kier alpha value is -1.66. The Morgan fingerprint density at radius 2 is 2.23 bits per heavy atom. The van der Waals surface area contributed by atoms with E-state index in [9.17, 15) is 9.90 Å². The van der Waals surface area contributed by atoms with Crippen LogP contribution in [0.25, 0.3) is 5.65 Å². The summed E-state index contributed by atoms with van der Waals surface area (Å²) >= 11 is 0. The molecule has 2 heterocycles. The maximum absolute atomic E-state index is 12.1. The molecule has 0 amide bonds. The van der Waals surface area contributed by atoms with Crippen LogP contribution in [0, 0.1) is 0 Å². The average Bonchev–Trinajstić information content (AvgIpc) is 2.96. The van der Waals surface area contributed by atoms with Crippen LogP contribution in [0.4, 0.5) is 0 Å². The van der Waals surface area contributed by atoms with E-state index in [4.69, 9.17) is 0 Å². The fourth-order valence-electron chi connectivity index (χ4n) is 3.39.